The number of hydrogen-bond acceptors (Lipinski definition) is 7. The third-order valence-corrected chi connectivity index (χ3v) is 5.24. The molecule has 8 nitrogen and oxygen atoms in total. The Hall–Kier alpha value is -3.36. The number of anilines is 3. The van der Waals surface area contributed by atoms with E-state index in [1.807, 2.05) is 36.2 Å². The summed E-state index contributed by atoms with van der Waals surface area (Å²) in [5, 5.41) is 16.3. The van der Waals surface area contributed by atoms with Crippen molar-refractivity contribution in [2.24, 2.45) is 0 Å². The molecule has 1 saturated heterocycles. The number of nitrogens with zero attached hydrogens (tertiary/aromatic N) is 1. The van der Waals surface area contributed by atoms with Gasteiger partial charge in [-0.25, -0.2) is 4.79 Å². The average molecular weight is 409 g/mol. The molecule has 1 aliphatic heterocycles. The Balaban J connectivity index is 1.68. The van der Waals surface area contributed by atoms with Crippen molar-refractivity contribution in [1.29, 1.82) is 0 Å². The Bertz CT molecular complexity index is 1140. The van der Waals surface area contributed by atoms with Crippen LogP contribution in [-0.4, -0.2) is 43.9 Å². The SMILES string of the molecule is COc1ccc(N(C)c2cc(=O)oc3ccccc23)cc1NC(=O)[C@@H]1C[C@@H](O)CN1. The molecule has 2 atom stereocenters. The second kappa shape index (κ2) is 8.17. The molecule has 0 aliphatic carbocycles. The van der Waals surface area contributed by atoms with Crippen molar-refractivity contribution in [3.63, 3.8) is 0 Å². The summed E-state index contributed by atoms with van der Waals surface area (Å²) in [7, 11) is 3.37. The number of aliphatic hydroxyl groups is 1. The predicted octanol–water partition coefficient (Wildman–Crippen LogP) is 2.23. The van der Waals surface area contributed by atoms with E-state index in [-0.39, 0.29) is 5.91 Å². The van der Waals surface area contributed by atoms with E-state index >= 15 is 0 Å². The van der Waals surface area contributed by atoms with Crippen LogP contribution in [0.4, 0.5) is 17.1 Å². The molecule has 0 saturated carbocycles. The van der Waals surface area contributed by atoms with Crippen LogP contribution < -0.4 is 25.9 Å². The molecule has 0 spiro atoms. The Morgan fingerprint density at radius 3 is 2.80 bits per heavy atom. The quantitative estimate of drug-likeness (QED) is 0.555. The molecule has 8 heteroatoms. The number of methoxy groups -OCH3 is 1. The molecule has 2 heterocycles. The Labute approximate surface area is 173 Å². The fraction of sp³-hybridized carbons (Fsp3) is 0.273. The monoisotopic (exact) mass is 409 g/mol. The van der Waals surface area contributed by atoms with Crippen molar-refractivity contribution in [3.8, 4) is 5.75 Å². The topological polar surface area (TPSA) is 104 Å². The Kier molecular flexibility index (Phi) is 5.43. The highest BCUT2D eigenvalue weighted by molar-refractivity contribution is 5.97. The fourth-order valence-electron chi connectivity index (χ4n) is 3.65. The molecule has 2 aromatic carbocycles. The molecule has 156 valence electrons. The van der Waals surface area contributed by atoms with Crippen LogP contribution in [-0.2, 0) is 4.79 Å². The number of carbonyl (C=O) groups is 1. The van der Waals surface area contributed by atoms with Gasteiger partial charge in [0.25, 0.3) is 0 Å². The second-order valence-electron chi connectivity index (χ2n) is 7.23. The van der Waals surface area contributed by atoms with Gasteiger partial charge in [0.05, 0.1) is 30.6 Å². The van der Waals surface area contributed by atoms with Crippen molar-refractivity contribution in [2.45, 2.75) is 18.6 Å². The summed E-state index contributed by atoms with van der Waals surface area (Å²) in [6.45, 7) is 0.391. The van der Waals surface area contributed by atoms with Crippen LogP contribution in [0, 0.1) is 0 Å². The zero-order valence-electron chi connectivity index (χ0n) is 16.7. The van der Waals surface area contributed by atoms with Crippen LogP contribution in [0.2, 0.25) is 0 Å². The maximum Gasteiger partial charge on any atom is 0.338 e. The van der Waals surface area contributed by atoms with Gasteiger partial charge in [0.1, 0.15) is 11.3 Å². The first kappa shape index (κ1) is 19.9. The largest absolute Gasteiger partial charge is 0.495 e. The van der Waals surface area contributed by atoms with E-state index in [4.69, 9.17) is 9.15 Å². The summed E-state index contributed by atoms with van der Waals surface area (Å²) in [5.41, 5.74) is 2.00. The van der Waals surface area contributed by atoms with Gasteiger partial charge in [0, 0.05) is 30.7 Å². The second-order valence-corrected chi connectivity index (χ2v) is 7.23. The number of amides is 1. The molecule has 0 bridgehead atoms. The van der Waals surface area contributed by atoms with Crippen molar-refractivity contribution in [2.75, 3.05) is 30.9 Å². The van der Waals surface area contributed by atoms with Crippen LogP contribution in [0.3, 0.4) is 0 Å². The number of nitrogens with one attached hydrogen (secondary N) is 2. The number of rotatable bonds is 5. The Morgan fingerprint density at radius 1 is 1.27 bits per heavy atom. The summed E-state index contributed by atoms with van der Waals surface area (Å²) in [6, 6.07) is 13.7. The standard InChI is InChI=1S/C22H23N3O5/c1-25(18-11-21(27)30-19-6-4-3-5-15(18)19)13-7-8-20(29-2)16(9-13)24-22(28)17-10-14(26)12-23-17/h3-9,11,14,17,23,26H,10,12H2,1-2H3,(H,24,28)/t14-,17+/m1/s1. The minimum atomic E-state index is -0.529. The molecule has 3 aromatic rings. The Morgan fingerprint density at radius 2 is 2.07 bits per heavy atom. The number of β-amino-alcohol motifs (C(OH)–C–C–N with tert-alkyl or cyclic N) is 1. The van der Waals surface area contributed by atoms with Crippen LogP contribution in [0.15, 0.2) is 57.7 Å². The molecule has 1 aliphatic rings. The molecule has 30 heavy (non-hydrogen) atoms. The molecule has 1 amide bonds. The maximum absolute atomic E-state index is 12.6. The third-order valence-electron chi connectivity index (χ3n) is 5.24. The van der Waals surface area contributed by atoms with E-state index in [1.165, 1.54) is 13.2 Å². The van der Waals surface area contributed by atoms with Crippen LogP contribution in [0.25, 0.3) is 11.0 Å². The van der Waals surface area contributed by atoms with Crippen molar-refractivity contribution >= 4 is 33.9 Å². The number of aliphatic hydroxyl groups excluding tert-OH is 1. The molecule has 1 fully saturated rings. The van der Waals surface area contributed by atoms with Gasteiger partial charge in [-0.1, -0.05) is 12.1 Å². The smallest absolute Gasteiger partial charge is 0.338 e. The van der Waals surface area contributed by atoms with E-state index in [2.05, 4.69) is 10.6 Å². The van der Waals surface area contributed by atoms with Crippen molar-refractivity contribution in [1.82, 2.24) is 5.32 Å². The van der Waals surface area contributed by atoms with Crippen LogP contribution >= 0.6 is 0 Å². The summed E-state index contributed by atoms with van der Waals surface area (Å²) in [6.07, 6.45) is -0.169. The van der Waals surface area contributed by atoms with Gasteiger partial charge < -0.3 is 29.8 Å². The van der Waals surface area contributed by atoms with Gasteiger partial charge in [-0.05, 0) is 36.8 Å². The fourth-order valence-corrected chi connectivity index (χ4v) is 3.65. The predicted molar refractivity (Wildman–Crippen MR) is 115 cm³/mol. The zero-order valence-corrected chi connectivity index (χ0v) is 16.7. The summed E-state index contributed by atoms with van der Waals surface area (Å²) in [4.78, 5) is 26.5. The molecular formula is C22H23N3O5. The van der Waals surface area contributed by atoms with Gasteiger partial charge in [-0.15, -0.1) is 0 Å². The summed E-state index contributed by atoms with van der Waals surface area (Å²) >= 11 is 0. The van der Waals surface area contributed by atoms with E-state index in [0.29, 0.717) is 35.7 Å². The van der Waals surface area contributed by atoms with Gasteiger partial charge in [-0.2, -0.15) is 0 Å². The first-order chi connectivity index (χ1) is 14.5. The highest BCUT2D eigenvalue weighted by Crippen LogP contribution is 2.34. The number of carbonyl (C=O) groups excluding carboxylic acids is 1. The van der Waals surface area contributed by atoms with Gasteiger partial charge in [-0.3, -0.25) is 4.79 Å². The first-order valence-electron chi connectivity index (χ1n) is 9.63. The van der Waals surface area contributed by atoms with Crippen molar-refractivity contribution in [3.05, 3.63) is 59.0 Å². The van der Waals surface area contributed by atoms with E-state index in [1.54, 1.807) is 18.2 Å². The zero-order chi connectivity index (χ0) is 21.3. The minimum absolute atomic E-state index is 0.240. The lowest BCUT2D eigenvalue weighted by atomic mass is 10.1. The molecule has 0 unspecified atom stereocenters. The van der Waals surface area contributed by atoms with Gasteiger partial charge >= 0.3 is 5.63 Å². The molecule has 4 rings (SSSR count). The van der Waals surface area contributed by atoms with Crippen LogP contribution in [0.5, 0.6) is 5.75 Å². The first-order valence-corrected chi connectivity index (χ1v) is 9.63. The lowest BCUT2D eigenvalue weighted by Gasteiger charge is -2.22. The minimum Gasteiger partial charge on any atom is -0.495 e. The third kappa shape index (κ3) is 3.87. The number of benzene rings is 2. The number of para-hydroxylation sites is 1. The number of ether oxygens (including phenoxy) is 1. The molecule has 1 aromatic heterocycles. The number of hydrogen-bond donors (Lipinski definition) is 3. The van der Waals surface area contributed by atoms with E-state index < -0.39 is 17.8 Å². The normalized spacial score (nSPS) is 18.4. The lowest BCUT2D eigenvalue weighted by molar-refractivity contribution is -0.117. The summed E-state index contributed by atoms with van der Waals surface area (Å²) < 4.78 is 10.7. The number of fused-ring (bicyclic) bond motifs is 1. The van der Waals surface area contributed by atoms with Gasteiger partial charge in [0.15, 0.2) is 0 Å². The molecular weight excluding hydrogens is 386 g/mol. The van der Waals surface area contributed by atoms with Crippen molar-refractivity contribution < 1.29 is 19.1 Å². The van der Waals surface area contributed by atoms with Gasteiger partial charge in [0.2, 0.25) is 5.91 Å². The highest BCUT2D eigenvalue weighted by atomic mass is 16.5. The molecule has 3 N–H and O–H groups in total. The van der Waals surface area contributed by atoms with Crippen LogP contribution in [0.1, 0.15) is 6.42 Å². The maximum atomic E-state index is 12.6. The van der Waals surface area contributed by atoms with E-state index in [9.17, 15) is 14.7 Å². The average Bonchev–Trinajstić information content (AvgIpc) is 3.19. The summed E-state index contributed by atoms with van der Waals surface area (Å²) in [5.74, 6) is 0.270. The highest BCUT2D eigenvalue weighted by Gasteiger charge is 2.28. The van der Waals surface area contributed by atoms with E-state index in [0.717, 1.165) is 11.1 Å². The molecule has 0 radical (unpaired) electrons. The lowest BCUT2D eigenvalue weighted by Crippen LogP contribution is -2.35.